The monoisotopic (exact) mass is 348 g/mol. The Morgan fingerprint density at radius 2 is 1.84 bits per heavy atom. The fourth-order valence-corrected chi connectivity index (χ4v) is 3.20. The van der Waals surface area contributed by atoms with E-state index < -0.39 is 0 Å². The van der Waals surface area contributed by atoms with E-state index in [0.29, 0.717) is 23.8 Å². The summed E-state index contributed by atoms with van der Waals surface area (Å²) in [5.74, 6) is 0.494. The quantitative estimate of drug-likeness (QED) is 0.727. The van der Waals surface area contributed by atoms with E-state index in [4.69, 9.17) is 10.3 Å². The highest BCUT2D eigenvalue weighted by Gasteiger charge is 2.37. The lowest BCUT2D eigenvalue weighted by molar-refractivity contribution is 0.0896. The van der Waals surface area contributed by atoms with Crippen molar-refractivity contribution in [2.75, 3.05) is 6.54 Å². The van der Waals surface area contributed by atoms with Gasteiger partial charge in [-0.05, 0) is 44.4 Å². The largest absolute Gasteiger partial charge is 0.359 e. The van der Waals surface area contributed by atoms with Gasteiger partial charge < -0.3 is 20.9 Å². The van der Waals surface area contributed by atoms with Gasteiger partial charge in [-0.1, -0.05) is 19.0 Å². The van der Waals surface area contributed by atoms with Crippen LogP contribution in [-0.4, -0.2) is 35.6 Å². The zero-order valence-electron chi connectivity index (χ0n) is 15.0. The maximum atomic E-state index is 12.7. The van der Waals surface area contributed by atoms with Crippen LogP contribution in [0.1, 0.15) is 84.9 Å². The molecule has 25 heavy (non-hydrogen) atoms. The zero-order valence-corrected chi connectivity index (χ0v) is 15.0. The third kappa shape index (κ3) is 4.39. The molecule has 1 aromatic heterocycles. The molecule has 1 aromatic rings. The first-order valence-corrected chi connectivity index (χ1v) is 9.30. The van der Waals surface area contributed by atoms with Crippen LogP contribution in [0.5, 0.6) is 0 Å². The number of nitrogens with one attached hydrogen (secondary N) is 2. The number of hydrogen-bond acceptors (Lipinski definition) is 5. The molecule has 0 radical (unpaired) electrons. The molecule has 1 heterocycles. The maximum Gasteiger partial charge on any atom is 0.274 e. The molecule has 7 nitrogen and oxygen atoms in total. The van der Waals surface area contributed by atoms with E-state index in [1.165, 1.54) is 0 Å². The van der Waals surface area contributed by atoms with Crippen molar-refractivity contribution in [3.63, 3.8) is 0 Å². The normalized spacial score (nSPS) is 23.5. The number of hydrogen-bond donors (Lipinski definition) is 3. The van der Waals surface area contributed by atoms with Gasteiger partial charge in [0.05, 0.1) is 0 Å². The average Bonchev–Trinajstić information content (AvgIpc) is 3.32. The Morgan fingerprint density at radius 1 is 1.16 bits per heavy atom. The number of aromatic nitrogens is 1. The third-order valence-electron chi connectivity index (χ3n) is 4.89. The van der Waals surface area contributed by atoms with Crippen LogP contribution in [0, 0.1) is 5.92 Å². The fourth-order valence-electron chi connectivity index (χ4n) is 3.20. The summed E-state index contributed by atoms with van der Waals surface area (Å²) in [5, 5.41) is 9.80. The lowest BCUT2D eigenvalue weighted by Crippen LogP contribution is -2.41. The van der Waals surface area contributed by atoms with Crippen LogP contribution in [0.15, 0.2) is 4.52 Å². The highest BCUT2D eigenvalue weighted by molar-refractivity contribution is 6.06. The second-order valence-corrected chi connectivity index (χ2v) is 7.73. The predicted molar refractivity (Wildman–Crippen MR) is 93.3 cm³/mol. The average molecular weight is 348 g/mol. The molecule has 0 aliphatic heterocycles. The number of nitrogens with two attached hydrogens (primary N) is 1. The molecule has 2 amide bonds. The van der Waals surface area contributed by atoms with Crippen LogP contribution in [0.3, 0.4) is 0 Å². The molecule has 7 heteroatoms. The summed E-state index contributed by atoms with van der Waals surface area (Å²) in [4.78, 5) is 25.3. The topological polar surface area (TPSA) is 110 Å². The van der Waals surface area contributed by atoms with Gasteiger partial charge in [0.15, 0.2) is 11.5 Å². The van der Waals surface area contributed by atoms with Crippen molar-refractivity contribution in [1.82, 2.24) is 15.8 Å². The minimum absolute atomic E-state index is 0.0833. The number of carbonyl (C=O) groups excluding carboxylic acids is 2. The number of carbonyl (C=O) groups is 2. The van der Waals surface area contributed by atoms with Crippen molar-refractivity contribution in [3.05, 3.63) is 17.0 Å². The standard InChI is InChI=1S/C18H28N4O3/c1-10(2)9-20-17(23)14-15(22-25-16(14)11-3-4-11)18(24)21-13-7-5-12(19)6-8-13/h10-13H,3-9,19H2,1-2H3,(H,20,23)(H,21,24)/t12-,13-. The smallest absolute Gasteiger partial charge is 0.274 e. The van der Waals surface area contributed by atoms with E-state index in [9.17, 15) is 9.59 Å². The SMILES string of the molecule is CC(C)CNC(=O)c1c(C(=O)N[C@H]2CC[C@H](N)CC2)noc1C1CC1. The molecule has 0 spiro atoms. The molecule has 0 unspecified atom stereocenters. The van der Waals surface area contributed by atoms with Gasteiger partial charge in [0.1, 0.15) is 5.56 Å². The predicted octanol–water partition coefficient (Wildman–Crippen LogP) is 1.94. The molecule has 4 N–H and O–H groups in total. The van der Waals surface area contributed by atoms with Crippen LogP contribution < -0.4 is 16.4 Å². The van der Waals surface area contributed by atoms with Gasteiger partial charge in [0, 0.05) is 24.5 Å². The molecule has 138 valence electrons. The molecule has 0 bridgehead atoms. The minimum atomic E-state index is -0.328. The number of rotatable bonds is 6. The first-order chi connectivity index (χ1) is 12.0. The molecule has 2 saturated carbocycles. The van der Waals surface area contributed by atoms with Gasteiger partial charge in [-0.25, -0.2) is 0 Å². The molecular weight excluding hydrogens is 320 g/mol. The van der Waals surface area contributed by atoms with E-state index in [0.717, 1.165) is 38.5 Å². The van der Waals surface area contributed by atoms with E-state index in [1.54, 1.807) is 0 Å². The lowest BCUT2D eigenvalue weighted by atomic mass is 9.91. The molecule has 2 fully saturated rings. The summed E-state index contributed by atoms with van der Waals surface area (Å²) in [5.41, 5.74) is 6.33. The van der Waals surface area contributed by atoms with Gasteiger partial charge in [0.2, 0.25) is 0 Å². The Hall–Kier alpha value is -1.89. The van der Waals surface area contributed by atoms with Crippen LogP contribution in [0.2, 0.25) is 0 Å². The van der Waals surface area contributed by atoms with Crippen molar-refractivity contribution in [2.24, 2.45) is 11.7 Å². The maximum absolute atomic E-state index is 12.7. The summed E-state index contributed by atoms with van der Waals surface area (Å²) >= 11 is 0. The molecule has 0 saturated heterocycles. The third-order valence-corrected chi connectivity index (χ3v) is 4.89. The van der Waals surface area contributed by atoms with Gasteiger partial charge >= 0.3 is 0 Å². The van der Waals surface area contributed by atoms with Crippen molar-refractivity contribution in [2.45, 2.75) is 70.4 Å². The fraction of sp³-hybridized carbons (Fsp3) is 0.722. The van der Waals surface area contributed by atoms with Crippen LogP contribution in [-0.2, 0) is 0 Å². The Labute approximate surface area is 148 Å². The first kappa shape index (κ1) is 17.9. The van der Waals surface area contributed by atoms with Crippen molar-refractivity contribution in [1.29, 1.82) is 0 Å². The number of amides is 2. The molecule has 0 aromatic carbocycles. The van der Waals surface area contributed by atoms with Crippen LogP contribution in [0.25, 0.3) is 0 Å². The van der Waals surface area contributed by atoms with Gasteiger partial charge in [-0.3, -0.25) is 9.59 Å². The Kier molecular flexibility index (Phi) is 5.42. The zero-order chi connectivity index (χ0) is 18.0. The Balaban J connectivity index is 1.73. The van der Waals surface area contributed by atoms with Gasteiger partial charge in [-0.2, -0.15) is 0 Å². The summed E-state index contributed by atoms with van der Waals surface area (Å²) in [6.07, 6.45) is 5.46. The molecule has 0 atom stereocenters. The summed E-state index contributed by atoms with van der Waals surface area (Å²) in [6, 6.07) is 0.305. The van der Waals surface area contributed by atoms with Crippen molar-refractivity contribution in [3.8, 4) is 0 Å². The molecule has 2 aliphatic rings. The second-order valence-electron chi connectivity index (χ2n) is 7.73. The highest BCUT2D eigenvalue weighted by atomic mass is 16.5. The molecule has 3 rings (SSSR count). The molecular formula is C18H28N4O3. The van der Waals surface area contributed by atoms with E-state index in [-0.39, 0.29) is 35.5 Å². The summed E-state index contributed by atoms with van der Waals surface area (Å²) in [6.45, 7) is 4.60. The summed E-state index contributed by atoms with van der Waals surface area (Å²) < 4.78 is 5.38. The number of nitrogens with zero attached hydrogens (tertiary/aromatic N) is 1. The van der Waals surface area contributed by atoms with E-state index in [1.807, 2.05) is 13.8 Å². The van der Waals surface area contributed by atoms with E-state index in [2.05, 4.69) is 15.8 Å². The Morgan fingerprint density at radius 3 is 2.44 bits per heavy atom. The van der Waals surface area contributed by atoms with E-state index >= 15 is 0 Å². The summed E-state index contributed by atoms with van der Waals surface area (Å²) in [7, 11) is 0. The highest BCUT2D eigenvalue weighted by Crippen LogP contribution is 2.42. The van der Waals surface area contributed by atoms with Crippen molar-refractivity contribution >= 4 is 11.8 Å². The van der Waals surface area contributed by atoms with Crippen molar-refractivity contribution < 1.29 is 14.1 Å². The van der Waals surface area contributed by atoms with Crippen LogP contribution >= 0.6 is 0 Å². The van der Waals surface area contributed by atoms with Gasteiger partial charge in [0.25, 0.3) is 11.8 Å². The minimum Gasteiger partial charge on any atom is -0.359 e. The Bertz CT molecular complexity index is 628. The van der Waals surface area contributed by atoms with Crippen LogP contribution in [0.4, 0.5) is 0 Å². The second kappa shape index (κ2) is 7.56. The molecule has 2 aliphatic carbocycles. The lowest BCUT2D eigenvalue weighted by Gasteiger charge is -2.26. The first-order valence-electron chi connectivity index (χ1n) is 9.30. The van der Waals surface area contributed by atoms with Gasteiger partial charge in [-0.15, -0.1) is 0 Å².